The molecule has 1 atom stereocenters. The van der Waals surface area contributed by atoms with Crippen molar-refractivity contribution in [2.75, 3.05) is 0 Å². The molecule has 22 heavy (non-hydrogen) atoms. The Morgan fingerprint density at radius 3 is 2.68 bits per heavy atom. The van der Waals surface area contributed by atoms with Gasteiger partial charge in [0.25, 0.3) is 0 Å². The molecule has 1 saturated heterocycles. The lowest BCUT2D eigenvalue weighted by atomic mass is 10.1. The van der Waals surface area contributed by atoms with Crippen molar-refractivity contribution in [3.8, 4) is 12.3 Å². The number of carbonyl (C=O) groups is 2. The van der Waals surface area contributed by atoms with E-state index in [1.807, 2.05) is 0 Å². The number of imidazole rings is 1. The van der Waals surface area contributed by atoms with E-state index in [0.717, 1.165) is 4.57 Å². The first-order valence-electron chi connectivity index (χ1n) is 6.65. The van der Waals surface area contributed by atoms with Crippen LogP contribution in [0.2, 0.25) is 0 Å². The molecule has 2 heterocycles. The highest BCUT2D eigenvalue weighted by atomic mass is 19.1. The van der Waals surface area contributed by atoms with Crippen molar-refractivity contribution in [1.29, 1.82) is 0 Å². The predicted molar refractivity (Wildman–Crippen MR) is 76.5 cm³/mol. The maximum Gasteiger partial charge on any atom is 0.329 e. The molecule has 0 aliphatic carbocycles. The molecule has 0 bridgehead atoms. The number of benzene rings is 1. The van der Waals surface area contributed by atoms with E-state index in [4.69, 9.17) is 6.42 Å². The number of amides is 2. The fraction of sp³-hybridized carbons (Fsp3) is 0.267. The maximum absolute atomic E-state index is 14.3. The van der Waals surface area contributed by atoms with Crippen LogP contribution in [0.5, 0.6) is 0 Å². The van der Waals surface area contributed by atoms with Gasteiger partial charge in [-0.15, -0.1) is 6.42 Å². The van der Waals surface area contributed by atoms with Crippen LogP contribution in [0.4, 0.5) is 4.39 Å². The molecule has 1 aliphatic heterocycles. The first-order valence-corrected chi connectivity index (χ1v) is 6.65. The molecule has 3 rings (SSSR count). The van der Waals surface area contributed by atoms with Crippen LogP contribution in [0.25, 0.3) is 11.0 Å². The molecule has 7 heteroatoms. The van der Waals surface area contributed by atoms with Crippen molar-refractivity contribution in [2.45, 2.75) is 18.9 Å². The molecule has 1 N–H and O–H groups in total. The second-order valence-electron chi connectivity index (χ2n) is 5.11. The lowest BCUT2D eigenvalue weighted by molar-refractivity contribution is -0.135. The normalized spacial score (nSPS) is 18.3. The predicted octanol–water partition coefficient (Wildman–Crippen LogP) is 0.438. The summed E-state index contributed by atoms with van der Waals surface area (Å²) in [7, 11) is 1.47. The summed E-state index contributed by atoms with van der Waals surface area (Å²) in [5.41, 5.74) is 0.0581. The first-order chi connectivity index (χ1) is 10.5. The summed E-state index contributed by atoms with van der Waals surface area (Å²) in [5.74, 6) is 0.745. The molecule has 1 aromatic heterocycles. The van der Waals surface area contributed by atoms with Crippen LogP contribution in [-0.4, -0.2) is 20.9 Å². The van der Waals surface area contributed by atoms with Gasteiger partial charge in [-0.1, -0.05) is 5.92 Å². The van der Waals surface area contributed by atoms with Gasteiger partial charge < -0.3 is 0 Å². The van der Waals surface area contributed by atoms with Gasteiger partial charge in [-0.2, -0.15) is 0 Å². The SMILES string of the molecule is C#Cc1ccc(F)c2c1n(C)c(=O)n2C1CCC(=O)NC1=O. The highest BCUT2D eigenvalue weighted by Crippen LogP contribution is 2.26. The average molecular weight is 301 g/mol. The Bertz CT molecular complexity index is 917. The zero-order valence-electron chi connectivity index (χ0n) is 11.7. The number of terminal acetylenes is 1. The highest BCUT2D eigenvalue weighted by molar-refractivity contribution is 6.00. The van der Waals surface area contributed by atoms with E-state index in [0.29, 0.717) is 5.56 Å². The third-order valence-corrected chi connectivity index (χ3v) is 3.85. The quantitative estimate of drug-likeness (QED) is 0.613. The fourth-order valence-electron chi connectivity index (χ4n) is 2.81. The molecule has 1 unspecified atom stereocenters. The zero-order valence-corrected chi connectivity index (χ0v) is 11.7. The van der Waals surface area contributed by atoms with Crippen LogP contribution in [0.15, 0.2) is 16.9 Å². The Morgan fingerprint density at radius 2 is 2.05 bits per heavy atom. The standard InChI is InChI=1S/C15H12FN3O3/c1-3-8-4-5-9(16)13-12(8)18(2)15(22)19(13)10-6-7-11(20)17-14(10)21/h1,4-5,10H,6-7H2,2H3,(H,17,20,21). The number of hydrogen-bond donors (Lipinski definition) is 1. The molecule has 1 aromatic carbocycles. The van der Waals surface area contributed by atoms with Crippen LogP contribution in [0.1, 0.15) is 24.4 Å². The molecule has 2 amide bonds. The van der Waals surface area contributed by atoms with E-state index in [-0.39, 0.29) is 23.9 Å². The molecule has 0 spiro atoms. The van der Waals surface area contributed by atoms with Gasteiger partial charge in [0.2, 0.25) is 11.8 Å². The largest absolute Gasteiger partial charge is 0.329 e. The average Bonchev–Trinajstić information content (AvgIpc) is 2.74. The number of aromatic nitrogens is 2. The zero-order chi connectivity index (χ0) is 16.0. The minimum absolute atomic E-state index is 0.0163. The van der Waals surface area contributed by atoms with Gasteiger partial charge in [0.05, 0.1) is 11.1 Å². The molecule has 2 aromatic rings. The van der Waals surface area contributed by atoms with E-state index >= 15 is 0 Å². The Hall–Kier alpha value is -2.88. The van der Waals surface area contributed by atoms with Crippen molar-refractivity contribution >= 4 is 22.8 Å². The van der Waals surface area contributed by atoms with Crippen LogP contribution >= 0.6 is 0 Å². The van der Waals surface area contributed by atoms with E-state index < -0.39 is 29.4 Å². The number of rotatable bonds is 1. The number of nitrogens with zero attached hydrogens (tertiary/aromatic N) is 2. The van der Waals surface area contributed by atoms with Gasteiger partial charge in [-0.05, 0) is 18.6 Å². The lowest BCUT2D eigenvalue weighted by Gasteiger charge is -2.22. The number of fused-ring (bicyclic) bond motifs is 1. The summed E-state index contributed by atoms with van der Waals surface area (Å²) < 4.78 is 16.6. The van der Waals surface area contributed by atoms with E-state index in [1.54, 1.807) is 0 Å². The molecular formula is C15H12FN3O3. The number of halogens is 1. The Balaban J connectivity index is 2.34. The van der Waals surface area contributed by atoms with Gasteiger partial charge in [-0.3, -0.25) is 24.0 Å². The molecule has 6 nitrogen and oxygen atoms in total. The Morgan fingerprint density at radius 1 is 1.32 bits per heavy atom. The highest BCUT2D eigenvalue weighted by Gasteiger charge is 2.32. The summed E-state index contributed by atoms with van der Waals surface area (Å²) >= 11 is 0. The number of imide groups is 1. The monoisotopic (exact) mass is 301 g/mol. The summed E-state index contributed by atoms with van der Waals surface area (Å²) in [6.45, 7) is 0. The first kappa shape index (κ1) is 14.1. The molecule has 112 valence electrons. The molecule has 1 aliphatic rings. The summed E-state index contributed by atoms with van der Waals surface area (Å²) in [6, 6.07) is 1.64. The minimum Gasteiger partial charge on any atom is -0.295 e. The van der Waals surface area contributed by atoms with Gasteiger partial charge in [0.15, 0.2) is 0 Å². The number of hydrogen-bond acceptors (Lipinski definition) is 3. The maximum atomic E-state index is 14.3. The molecule has 0 radical (unpaired) electrons. The van der Waals surface area contributed by atoms with E-state index in [9.17, 15) is 18.8 Å². The van der Waals surface area contributed by atoms with Crippen molar-refractivity contribution in [1.82, 2.24) is 14.5 Å². The van der Waals surface area contributed by atoms with Gasteiger partial charge in [0, 0.05) is 13.5 Å². The number of carbonyl (C=O) groups excluding carboxylic acids is 2. The van der Waals surface area contributed by atoms with Crippen LogP contribution < -0.4 is 11.0 Å². The summed E-state index contributed by atoms with van der Waals surface area (Å²) in [4.78, 5) is 35.7. The van der Waals surface area contributed by atoms with Gasteiger partial charge in [0.1, 0.15) is 17.4 Å². The second-order valence-corrected chi connectivity index (χ2v) is 5.11. The van der Waals surface area contributed by atoms with Gasteiger partial charge in [-0.25, -0.2) is 9.18 Å². The molecule has 1 fully saturated rings. The number of nitrogens with one attached hydrogen (secondary N) is 1. The number of piperidine rings is 1. The van der Waals surface area contributed by atoms with Crippen LogP contribution in [0, 0.1) is 18.2 Å². The molecule has 0 saturated carbocycles. The van der Waals surface area contributed by atoms with Crippen molar-refractivity contribution in [3.05, 3.63) is 34.0 Å². The van der Waals surface area contributed by atoms with E-state index in [1.165, 1.54) is 23.7 Å². The summed E-state index contributed by atoms with van der Waals surface area (Å²) in [6.07, 6.45) is 5.63. The van der Waals surface area contributed by atoms with Gasteiger partial charge >= 0.3 is 5.69 Å². The van der Waals surface area contributed by atoms with Crippen molar-refractivity contribution in [3.63, 3.8) is 0 Å². The third kappa shape index (κ3) is 1.84. The topological polar surface area (TPSA) is 73.1 Å². The smallest absolute Gasteiger partial charge is 0.295 e. The van der Waals surface area contributed by atoms with E-state index in [2.05, 4.69) is 11.2 Å². The minimum atomic E-state index is -0.934. The fourth-order valence-corrected chi connectivity index (χ4v) is 2.81. The van der Waals surface area contributed by atoms with Crippen LogP contribution in [-0.2, 0) is 16.6 Å². The lowest BCUT2D eigenvalue weighted by Crippen LogP contribution is -2.44. The number of aryl methyl sites for hydroxylation is 1. The summed E-state index contributed by atoms with van der Waals surface area (Å²) in [5, 5.41) is 2.17. The van der Waals surface area contributed by atoms with Crippen molar-refractivity contribution < 1.29 is 14.0 Å². The van der Waals surface area contributed by atoms with Crippen LogP contribution in [0.3, 0.4) is 0 Å². The molecular weight excluding hydrogens is 289 g/mol. The second kappa shape index (κ2) is 4.84. The Labute approximate surface area is 124 Å². The third-order valence-electron chi connectivity index (χ3n) is 3.85. The van der Waals surface area contributed by atoms with Crippen molar-refractivity contribution in [2.24, 2.45) is 7.05 Å². The Kier molecular flexibility index (Phi) is 3.10.